The lowest BCUT2D eigenvalue weighted by atomic mass is 9.86. The maximum atomic E-state index is 12.9. The first-order chi connectivity index (χ1) is 12.8. The molecule has 144 valence electrons. The van der Waals surface area contributed by atoms with Crippen molar-refractivity contribution in [3.8, 4) is 0 Å². The van der Waals surface area contributed by atoms with Gasteiger partial charge in [0.2, 0.25) is 5.91 Å². The molecule has 0 unspecified atom stereocenters. The van der Waals surface area contributed by atoms with Gasteiger partial charge in [-0.15, -0.1) is 0 Å². The molecule has 27 heavy (non-hydrogen) atoms. The number of carbonyl (C=O) groups excluding carboxylic acids is 2. The minimum atomic E-state index is -0.724. The second kappa shape index (κ2) is 7.42. The molecule has 1 fully saturated rings. The molecule has 3 rings (SSSR count). The first kappa shape index (κ1) is 18.9. The van der Waals surface area contributed by atoms with Gasteiger partial charge in [0.25, 0.3) is 5.91 Å². The molecule has 2 aromatic rings. The Labute approximate surface area is 160 Å². The number of likely N-dealkylation sites (N-methyl/N-ethyl adjacent to an activating group) is 1. The smallest absolute Gasteiger partial charge is 0.253 e. The maximum absolute atomic E-state index is 12.9. The summed E-state index contributed by atoms with van der Waals surface area (Å²) in [5.41, 5.74) is 1.00. The minimum absolute atomic E-state index is 0.00618. The first-order valence-corrected chi connectivity index (χ1v) is 9.14. The summed E-state index contributed by atoms with van der Waals surface area (Å²) in [4.78, 5) is 31.2. The van der Waals surface area contributed by atoms with Gasteiger partial charge < -0.3 is 14.7 Å². The molecule has 0 aliphatic carbocycles. The van der Waals surface area contributed by atoms with Crippen molar-refractivity contribution in [1.82, 2.24) is 19.6 Å². The molecular formula is C20H27N5O2. The summed E-state index contributed by atoms with van der Waals surface area (Å²) in [7, 11) is 7.46. The van der Waals surface area contributed by atoms with E-state index in [9.17, 15) is 9.59 Å². The Morgan fingerprint density at radius 1 is 1.04 bits per heavy atom. The van der Waals surface area contributed by atoms with Crippen molar-refractivity contribution < 1.29 is 9.59 Å². The van der Waals surface area contributed by atoms with E-state index in [1.54, 1.807) is 29.9 Å². The Kier molecular flexibility index (Phi) is 5.21. The number of hydrogen-bond acceptors (Lipinski definition) is 4. The molecular weight excluding hydrogens is 342 g/mol. The first-order valence-electron chi connectivity index (χ1n) is 9.14. The highest BCUT2D eigenvalue weighted by atomic mass is 16.2. The van der Waals surface area contributed by atoms with Gasteiger partial charge in [0.15, 0.2) is 0 Å². The lowest BCUT2D eigenvalue weighted by molar-refractivity contribution is -0.141. The van der Waals surface area contributed by atoms with Gasteiger partial charge in [0.05, 0.1) is 0 Å². The minimum Gasteiger partial charge on any atom is -0.378 e. The molecule has 0 spiro atoms. The second-order valence-corrected chi connectivity index (χ2v) is 7.42. The van der Waals surface area contributed by atoms with Crippen LogP contribution in [0.3, 0.4) is 0 Å². The van der Waals surface area contributed by atoms with Crippen LogP contribution in [0.2, 0.25) is 0 Å². The van der Waals surface area contributed by atoms with Crippen LogP contribution in [0.1, 0.15) is 23.2 Å². The highest BCUT2D eigenvalue weighted by Gasteiger charge is 2.45. The van der Waals surface area contributed by atoms with E-state index in [-0.39, 0.29) is 11.8 Å². The summed E-state index contributed by atoms with van der Waals surface area (Å²) < 4.78 is 1.75. The van der Waals surface area contributed by atoms with Gasteiger partial charge in [-0.3, -0.25) is 14.3 Å². The zero-order chi connectivity index (χ0) is 19.6. The number of amides is 2. The van der Waals surface area contributed by atoms with Crippen molar-refractivity contribution >= 4 is 17.5 Å². The van der Waals surface area contributed by atoms with Crippen LogP contribution >= 0.6 is 0 Å². The van der Waals surface area contributed by atoms with Crippen molar-refractivity contribution in [3.05, 3.63) is 48.3 Å². The third-order valence-electron chi connectivity index (χ3n) is 5.26. The highest BCUT2D eigenvalue weighted by molar-refractivity contribution is 5.95. The molecule has 0 saturated carbocycles. The Balaban J connectivity index is 1.76. The van der Waals surface area contributed by atoms with Crippen molar-refractivity contribution in [1.29, 1.82) is 0 Å². The quantitative estimate of drug-likeness (QED) is 0.823. The Morgan fingerprint density at radius 2 is 1.67 bits per heavy atom. The number of nitrogens with zero attached hydrogens (tertiary/aromatic N) is 5. The second-order valence-electron chi connectivity index (χ2n) is 7.42. The van der Waals surface area contributed by atoms with Crippen LogP contribution in [-0.2, 0) is 10.3 Å². The summed E-state index contributed by atoms with van der Waals surface area (Å²) in [5.74, 6) is 0.0281. The van der Waals surface area contributed by atoms with E-state index in [0.717, 1.165) is 5.69 Å². The van der Waals surface area contributed by atoms with Gasteiger partial charge in [-0.2, -0.15) is 5.10 Å². The highest BCUT2D eigenvalue weighted by Crippen LogP contribution is 2.32. The fourth-order valence-corrected chi connectivity index (χ4v) is 3.64. The lowest BCUT2D eigenvalue weighted by Crippen LogP contribution is -2.55. The average molecular weight is 369 g/mol. The summed E-state index contributed by atoms with van der Waals surface area (Å²) in [5, 5.41) is 4.33. The fourth-order valence-electron chi connectivity index (χ4n) is 3.64. The monoisotopic (exact) mass is 369 g/mol. The molecule has 1 aromatic carbocycles. The number of rotatable bonds is 4. The molecule has 1 aliphatic rings. The van der Waals surface area contributed by atoms with Crippen LogP contribution in [0.25, 0.3) is 0 Å². The summed E-state index contributed by atoms with van der Waals surface area (Å²) in [6, 6.07) is 9.44. The lowest BCUT2D eigenvalue weighted by Gasteiger charge is -2.42. The van der Waals surface area contributed by atoms with Crippen molar-refractivity contribution in [2.45, 2.75) is 18.4 Å². The van der Waals surface area contributed by atoms with Crippen molar-refractivity contribution in [3.63, 3.8) is 0 Å². The standard InChI is InChI=1S/C20H27N5O2/c1-22(2)17-8-6-16(7-9-17)18(26)24-14-10-20(11-15-24,19(27)23(3)4)25-13-5-12-21-25/h5-9,12-13H,10-11,14-15H2,1-4H3. The number of piperidine rings is 1. The summed E-state index contributed by atoms with van der Waals surface area (Å²) in [6.45, 7) is 1.04. The average Bonchev–Trinajstić information content (AvgIpc) is 3.22. The maximum Gasteiger partial charge on any atom is 0.253 e. The number of hydrogen-bond donors (Lipinski definition) is 0. The zero-order valence-electron chi connectivity index (χ0n) is 16.4. The van der Waals surface area contributed by atoms with Crippen molar-refractivity contribution in [2.75, 3.05) is 46.2 Å². The van der Waals surface area contributed by atoms with Gasteiger partial charge in [-0.05, 0) is 43.2 Å². The third-order valence-corrected chi connectivity index (χ3v) is 5.26. The van der Waals surface area contributed by atoms with E-state index < -0.39 is 5.54 Å². The Morgan fingerprint density at radius 3 is 2.15 bits per heavy atom. The van der Waals surface area contributed by atoms with E-state index in [0.29, 0.717) is 31.5 Å². The summed E-state index contributed by atoms with van der Waals surface area (Å²) >= 11 is 0. The van der Waals surface area contributed by atoms with E-state index in [2.05, 4.69) is 5.10 Å². The predicted molar refractivity (Wildman–Crippen MR) is 105 cm³/mol. The van der Waals surface area contributed by atoms with E-state index in [1.807, 2.05) is 60.4 Å². The van der Waals surface area contributed by atoms with Gasteiger partial charge in [-0.1, -0.05) is 0 Å². The largest absolute Gasteiger partial charge is 0.378 e. The van der Waals surface area contributed by atoms with Crippen LogP contribution in [0.5, 0.6) is 0 Å². The molecule has 2 heterocycles. The molecule has 0 bridgehead atoms. The van der Waals surface area contributed by atoms with Crippen LogP contribution in [-0.4, -0.2) is 72.7 Å². The third kappa shape index (κ3) is 3.54. The molecule has 1 aromatic heterocycles. The number of benzene rings is 1. The van der Waals surface area contributed by atoms with Crippen LogP contribution in [0.15, 0.2) is 42.7 Å². The van der Waals surface area contributed by atoms with Crippen molar-refractivity contribution in [2.24, 2.45) is 0 Å². The number of carbonyl (C=O) groups is 2. The molecule has 1 saturated heterocycles. The van der Waals surface area contributed by atoms with E-state index in [1.165, 1.54) is 0 Å². The molecule has 1 aliphatic heterocycles. The topological polar surface area (TPSA) is 61.7 Å². The molecule has 7 nitrogen and oxygen atoms in total. The molecule has 0 N–H and O–H groups in total. The number of likely N-dealkylation sites (tertiary alicyclic amines) is 1. The fraction of sp³-hybridized carbons (Fsp3) is 0.450. The summed E-state index contributed by atoms with van der Waals surface area (Å²) in [6.07, 6.45) is 4.62. The van der Waals surface area contributed by atoms with Gasteiger partial charge in [-0.25, -0.2) is 0 Å². The van der Waals surface area contributed by atoms with Gasteiger partial charge >= 0.3 is 0 Å². The molecule has 7 heteroatoms. The number of aromatic nitrogens is 2. The molecule has 2 amide bonds. The van der Waals surface area contributed by atoms with Crippen LogP contribution in [0.4, 0.5) is 5.69 Å². The normalized spacial score (nSPS) is 16.1. The van der Waals surface area contributed by atoms with Crippen LogP contribution in [0, 0.1) is 0 Å². The SMILES string of the molecule is CN(C)C(=O)C1(n2cccn2)CCN(C(=O)c2ccc(N(C)C)cc2)CC1. The van der Waals surface area contributed by atoms with E-state index >= 15 is 0 Å². The van der Waals surface area contributed by atoms with Gasteiger partial charge in [0, 0.05) is 64.9 Å². The Bertz CT molecular complexity index is 788. The van der Waals surface area contributed by atoms with E-state index in [4.69, 9.17) is 0 Å². The molecule has 0 atom stereocenters. The number of anilines is 1. The predicted octanol–water partition coefficient (Wildman–Crippen LogP) is 1.67. The van der Waals surface area contributed by atoms with Crippen LogP contribution < -0.4 is 4.90 Å². The van der Waals surface area contributed by atoms with Gasteiger partial charge in [0.1, 0.15) is 5.54 Å². The zero-order valence-corrected chi connectivity index (χ0v) is 16.4. The molecule has 0 radical (unpaired) electrons. The Hall–Kier alpha value is -2.83.